The summed E-state index contributed by atoms with van der Waals surface area (Å²) in [6.07, 6.45) is -1.29. The van der Waals surface area contributed by atoms with Gasteiger partial charge in [-0.2, -0.15) is 0 Å². The van der Waals surface area contributed by atoms with Gasteiger partial charge in [0.15, 0.2) is 17.8 Å². The summed E-state index contributed by atoms with van der Waals surface area (Å²) in [4.78, 5) is 64.8. The lowest BCUT2D eigenvalue weighted by molar-refractivity contribution is -0.350. The van der Waals surface area contributed by atoms with Crippen molar-refractivity contribution in [1.82, 2.24) is 15.5 Å². The molecule has 14 nitrogen and oxygen atoms in total. The predicted molar refractivity (Wildman–Crippen MR) is 206 cm³/mol. The number of benzene rings is 2. The number of hydrogen-bond acceptors (Lipinski definition) is 12. The molecule has 308 valence electrons. The summed E-state index contributed by atoms with van der Waals surface area (Å²) in [5, 5.41) is 17.3. The first-order valence-electron chi connectivity index (χ1n) is 19.1. The Balaban J connectivity index is 1.49. The fourth-order valence-electron chi connectivity index (χ4n) is 7.26. The maximum absolute atomic E-state index is 12.7. The third kappa shape index (κ3) is 10.3. The van der Waals surface area contributed by atoms with Gasteiger partial charge in [0.25, 0.3) is 0 Å². The fraction of sp³-hybridized carbons (Fsp3) is 0.595. The Morgan fingerprint density at radius 1 is 0.875 bits per heavy atom. The molecule has 2 aromatic carbocycles. The van der Waals surface area contributed by atoms with Crippen molar-refractivity contribution in [3.63, 3.8) is 0 Å². The Bertz CT molecular complexity index is 1750. The number of ether oxygens (including phenoxy) is 5. The summed E-state index contributed by atoms with van der Waals surface area (Å²) in [5.41, 5.74) is -0.0276. The molecule has 2 aliphatic heterocycles. The number of rotatable bonds is 17. The summed E-state index contributed by atoms with van der Waals surface area (Å²) in [7, 11) is 3.95. The summed E-state index contributed by atoms with van der Waals surface area (Å²) in [6.45, 7) is 13.0. The van der Waals surface area contributed by atoms with Crippen molar-refractivity contribution >= 4 is 29.7 Å². The van der Waals surface area contributed by atoms with Gasteiger partial charge in [0.2, 0.25) is 23.7 Å². The van der Waals surface area contributed by atoms with Gasteiger partial charge >= 0.3 is 17.9 Å². The van der Waals surface area contributed by atoms with E-state index in [0.717, 1.165) is 35.2 Å². The molecule has 0 spiro atoms. The molecule has 14 heteroatoms. The van der Waals surface area contributed by atoms with Gasteiger partial charge in [-0.3, -0.25) is 24.0 Å². The molecule has 0 radical (unpaired) electrons. The molecule has 2 heterocycles. The molecule has 2 aliphatic rings. The highest BCUT2D eigenvalue weighted by Crippen LogP contribution is 2.56. The number of amides is 2. The molecule has 4 rings (SSSR count). The van der Waals surface area contributed by atoms with E-state index in [4.69, 9.17) is 23.7 Å². The summed E-state index contributed by atoms with van der Waals surface area (Å²) in [6, 6.07) is 13.6. The molecule has 3 N–H and O–H groups in total. The fourth-order valence-corrected chi connectivity index (χ4v) is 7.26. The Morgan fingerprint density at radius 2 is 1.48 bits per heavy atom. The highest BCUT2D eigenvalue weighted by atomic mass is 16.8. The van der Waals surface area contributed by atoms with E-state index in [9.17, 15) is 29.1 Å². The first-order chi connectivity index (χ1) is 26.1. The van der Waals surface area contributed by atoms with Gasteiger partial charge in [0.1, 0.15) is 5.54 Å². The number of carbonyl (C=O) groups excluding carboxylic acids is 5. The van der Waals surface area contributed by atoms with Crippen LogP contribution in [0.25, 0.3) is 0 Å². The van der Waals surface area contributed by atoms with Crippen LogP contribution in [-0.4, -0.2) is 109 Å². The first kappa shape index (κ1) is 44.3. The molecule has 0 aliphatic carbocycles. The highest BCUT2D eigenvalue weighted by molar-refractivity contribution is 5.90. The molecule has 0 unspecified atom stereocenters. The summed E-state index contributed by atoms with van der Waals surface area (Å²) < 4.78 is 30.2. The molecular weight excluding hydrogens is 722 g/mol. The largest absolute Gasteiger partial charge is 0.455 e. The Labute approximate surface area is 329 Å². The van der Waals surface area contributed by atoms with Gasteiger partial charge in [-0.1, -0.05) is 36.4 Å². The molecule has 56 heavy (non-hydrogen) atoms. The lowest BCUT2D eigenvalue weighted by atomic mass is 9.74. The molecule has 0 aromatic heterocycles. The second kappa shape index (κ2) is 17.8. The van der Waals surface area contributed by atoms with Crippen molar-refractivity contribution in [2.75, 3.05) is 33.8 Å². The van der Waals surface area contributed by atoms with Crippen LogP contribution in [0.2, 0.25) is 0 Å². The number of carbonyl (C=O) groups is 5. The number of aryl methyl sites for hydroxylation is 2. The van der Waals surface area contributed by atoms with E-state index < -0.39 is 58.7 Å². The van der Waals surface area contributed by atoms with Crippen molar-refractivity contribution in [3.8, 4) is 0 Å². The minimum Gasteiger partial charge on any atom is -0.455 e. The monoisotopic (exact) mass is 781 g/mol. The van der Waals surface area contributed by atoms with Crippen molar-refractivity contribution in [3.05, 3.63) is 70.3 Å². The SMILES string of the molecule is CC(=O)O[C@@H]1[C@@H](OC(C)=O)[C@@]2(c3ccc(C)c(Cc4ccc(CCCC(=O)NC(C)(C)C(=O)NCCCN(C)C)cc4)c3)OC[C@](C(C)(C)O)(O2)[C@H]1OC(C)=O. The molecule has 2 bridgehead atoms. The van der Waals surface area contributed by atoms with Gasteiger partial charge in [-0.25, -0.2) is 0 Å². The van der Waals surface area contributed by atoms with E-state index in [2.05, 4.69) is 10.6 Å². The third-order valence-electron chi connectivity index (χ3n) is 10.3. The van der Waals surface area contributed by atoms with Crippen LogP contribution in [-0.2, 0) is 66.3 Å². The zero-order valence-corrected chi connectivity index (χ0v) is 34.4. The standard InChI is InChI=1S/C42H59N3O11/c1-26-15-20-33(42-37(55-29(4)48)35(53-27(2)46)36(54-28(3)47)41(56-42,25-52-42)40(7,8)51)24-32(26)23-31-18-16-30(17-19-31)13-11-14-34(49)44-39(5,6)38(50)43-21-12-22-45(9)10/h15-20,24,35-37,51H,11-14,21-23,25H2,1-10H3,(H,43,50)(H,44,49)/t35-,36-,37+,41-,42-/m0/s1. The molecule has 2 amide bonds. The smallest absolute Gasteiger partial charge is 0.303 e. The molecule has 5 atom stereocenters. The van der Waals surface area contributed by atoms with Crippen LogP contribution in [0, 0.1) is 6.92 Å². The number of nitrogens with one attached hydrogen (secondary N) is 2. The Hall–Kier alpha value is -4.37. The molecule has 2 saturated heterocycles. The zero-order chi connectivity index (χ0) is 41.6. The van der Waals surface area contributed by atoms with Crippen LogP contribution in [0.15, 0.2) is 42.5 Å². The van der Waals surface area contributed by atoms with Crippen molar-refractivity contribution in [2.24, 2.45) is 0 Å². The molecular formula is C42H59N3O11. The quantitative estimate of drug-likeness (QED) is 0.121. The van der Waals surface area contributed by atoms with Gasteiger partial charge in [-0.05, 0) is 109 Å². The molecule has 0 saturated carbocycles. The first-order valence-corrected chi connectivity index (χ1v) is 19.1. The van der Waals surface area contributed by atoms with E-state index in [0.29, 0.717) is 31.4 Å². The van der Waals surface area contributed by atoms with Crippen LogP contribution < -0.4 is 10.6 Å². The van der Waals surface area contributed by atoms with E-state index >= 15 is 0 Å². The van der Waals surface area contributed by atoms with Crippen molar-refractivity contribution in [1.29, 1.82) is 0 Å². The number of hydrogen-bond donors (Lipinski definition) is 3. The average Bonchev–Trinajstić information content (AvgIpc) is 3.47. The maximum Gasteiger partial charge on any atom is 0.303 e. The van der Waals surface area contributed by atoms with Crippen LogP contribution in [0.1, 0.15) is 95.5 Å². The van der Waals surface area contributed by atoms with Gasteiger partial charge in [-0.15, -0.1) is 0 Å². The minimum atomic E-state index is -1.84. The van der Waals surface area contributed by atoms with Gasteiger partial charge in [0, 0.05) is 39.3 Å². The Morgan fingerprint density at radius 3 is 2.07 bits per heavy atom. The topological polar surface area (TPSA) is 179 Å². The molecule has 2 fully saturated rings. The van der Waals surface area contributed by atoms with E-state index in [1.165, 1.54) is 34.6 Å². The van der Waals surface area contributed by atoms with Crippen molar-refractivity contribution < 1.29 is 52.8 Å². The number of esters is 3. The highest BCUT2D eigenvalue weighted by Gasteiger charge is 2.75. The predicted octanol–water partition coefficient (Wildman–Crippen LogP) is 3.39. The van der Waals surface area contributed by atoms with Crippen LogP contribution >= 0.6 is 0 Å². The second-order valence-corrected chi connectivity index (χ2v) is 16.2. The Kier molecular flexibility index (Phi) is 14.1. The number of fused-ring (bicyclic) bond motifs is 2. The second-order valence-electron chi connectivity index (χ2n) is 16.2. The van der Waals surface area contributed by atoms with Gasteiger partial charge in [0.05, 0.1) is 12.2 Å². The number of aliphatic hydroxyl groups is 1. The lowest BCUT2D eigenvalue weighted by Crippen LogP contribution is -2.72. The summed E-state index contributed by atoms with van der Waals surface area (Å²) in [5.74, 6) is -4.40. The van der Waals surface area contributed by atoms with E-state index in [-0.39, 0.29) is 24.8 Å². The van der Waals surface area contributed by atoms with Crippen LogP contribution in [0.5, 0.6) is 0 Å². The number of nitrogens with zero attached hydrogens (tertiary/aromatic N) is 1. The normalized spacial score (nSPS) is 23.3. The maximum atomic E-state index is 12.7. The van der Waals surface area contributed by atoms with Crippen LogP contribution in [0.4, 0.5) is 0 Å². The molecule has 2 aromatic rings. The van der Waals surface area contributed by atoms with Crippen LogP contribution in [0.3, 0.4) is 0 Å². The van der Waals surface area contributed by atoms with E-state index in [1.807, 2.05) is 62.3 Å². The third-order valence-corrected chi connectivity index (χ3v) is 10.3. The summed E-state index contributed by atoms with van der Waals surface area (Å²) >= 11 is 0. The zero-order valence-electron chi connectivity index (χ0n) is 34.4. The van der Waals surface area contributed by atoms with Gasteiger partial charge < -0.3 is 44.3 Å². The minimum absolute atomic E-state index is 0.185. The average molecular weight is 782 g/mol. The van der Waals surface area contributed by atoms with Crippen molar-refractivity contribution in [2.45, 2.75) is 128 Å². The van der Waals surface area contributed by atoms with E-state index in [1.54, 1.807) is 19.9 Å². The lowest BCUT2D eigenvalue weighted by Gasteiger charge is -2.52.